The van der Waals surface area contributed by atoms with E-state index in [9.17, 15) is 9.18 Å². The van der Waals surface area contributed by atoms with Crippen molar-refractivity contribution in [3.63, 3.8) is 0 Å². The van der Waals surface area contributed by atoms with Gasteiger partial charge >= 0.3 is 6.03 Å². The summed E-state index contributed by atoms with van der Waals surface area (Å²) >= 11 is 5.89. The Kier molecular flexibility index (Phi) is 4.13. The van der Waals surface area contributed by atoms with Gasteiger partial charge in [0.2, 0.25) is 0 Å². The number of hydrogen-bond donors (Lipinski definition) is 0. The van der Waals surface area contributed by atoms with Gasteiger partial charge < -0.3 is 9.64 Å². The minimum absolute atomic E-state index is 0.0119. The highest BCUT2D eigenvalue weighted by Crippen LogP contribution is 2.33. The van der Waals surface area contributed by atoms with Crippen molar-refractivity contribution in [3.05, 3.63) is 23.0 Å². The van der Waals surface area contributed by atoms with Crippen molar-refractivity contribution in [1.82, 2.24) is 4.90 Å². The molecule has 1 aliphatic rings. The Balaban J connectivity index is 2.44. The van der Waals surface area contributed by atoms with Crippen LogP contribution in [0.15, 0.2) is 17.2 Å². The molecule has 2 rings (SSSR count). The van der Waals surface area contributed by atoms with Gasteiger partial charge in [-0.25, -0.2) is 9.18 Å². The highest BCUT2D eigenvalue weighted by Gasteiger charge is 2.29. The van der Waals surface area contributed by atoms with Crippen molar-refractivity contribution in [1.29, 1.82) is 0 Å². The fourth-order valence-electron chi connectivity index (χ4n) is 1.75. The molecule has 1 aliphatic heterocycles. The first-order chi connectivity index (χ1) is 9.45. The van der Waals surface area contributed by atoms with Gasteiger partial charge in [0.25, 0.3) is 0 Å². The van der Waals surface area contributed by atoms with E-state index in [1.54, 1.807) is 20.2 Å². The standard InChI is InChI=1S/C13H15ClFN3O2/c1-4-20-12-6-11(10(15)5-9(12)14)18-13(19)17(3)8(2)7-16-18/h5-8H,4H2,1-3H3/t8-/m0/s1. The molecule has 0 aliphatic carbocycles. The SMILES string of the molecule is CCOc1cc(N2N=C[C@H](C)N(C)C2=O)c(F)cc1Cl. The quantitative estimate of drug-likeness (QED) is 0.861. The van der Waals surface area contributed by atoms with Crippen molar-refractivity contribution in [3.8, 4) is 5.75 Å². The molecule has 1 atom stereocenters. The van der Waals surface area contributed by atoms with Crippen LogP contribution < -0.4 is 9.75 Å². The van der Waals surface area contributed by atoms with Crippen LogP contribution in [0.2, 0.25) is 5.02 Å². The molecule has 2 amide bonds. The van der Waals surface area contributed by atoms with Gasteiger partial charge in [-0.3, -0.25) is 0 Å². The normalized spacial score (nSPS) is 18.6. The lowest BCUT2D eigenvalue weighted by molar-refractivity contribution is 0.209. The summed E-state index contributed by atoms with van der Waals surface area (Å²) in [6.07, 6.45) is 1.57. The summed E-state index contributed by atoms with van der Waals surface area (Å²) in [7, 11) is 1.63. The molecule has 5 nitrogen and oxygen atoms in total. The van der Waals surface area contributed by atoms with E-state index in [1.165, 1.54) is 11.0 Å². The zero-order chi connectivity index (χ0) is 14.9. The Morgan fingerprint density at radius 3 is 2.85 bits per heavy atom. The average molecular weight is 300 g/mol. The maximum atomic E-state index is 14.0. The second-order valence-corrected chi connectivity index (χ2v) is 4.78. The summed E-state index contributed by atoms with van der Waals surface area (Å²) in [6, 6.07) is 1.94. The van der Waals surface area contributed by atoms with Gasteiger partial charge in [0.1, 0.15) is 11.4 Å². The molecule has 0 spiro atoms. The first kappa shape index (κ1) is 14.6. The third kappa shape index (κ3) is 2.56. The van der Waals surface area contributed by atoms with E-state index >= 15 is 0 Å². The molecular formula is C13H15ClFN3O2. The van der Waals surface area contributed by atoms with Gasteiger partial charge in [0.15, 0.2) is 5.82 Å². The van der Waals surface area contributed by atoms with Gasteiger partial charge in [0.05, 0.1) is 17.7 Å². The average Bonchev–Trinajstić information content (AvgIpc) is 2.40. The monoisotopic (exact) mass is 299 g/mol. The van der Waals surface area contributed by atoms with E-state index < -0.39 is 11.8 Å². The van der Waals surface area contributed by atoms with E-state index in [4.69, 9.17) is 16.3 Å². The van der Waals surface area contributed by atoms with Crippen molar-refractivity contribution >= 4 is 29.5 Å². The third-order valence-corrected chi connectivity index (χ3v) is 3.32. The lowest BCUT2D eigenvalue weighted by Gasteiger charge is -2.31. The van der Waals surface area contributed by atoms with Gasteiger partial charge in [-0.1, -0.05) is 11.6 Å². The highest BCUT2D eigenvalue weighted by molar-refractivity contribution is 6.32. The smallest absolute Gasteiger partial charge is 0.345 e. The molecule has 0 saturated heterocycles. The fraction of sp³-hybridized carbons (Fsp3) is 0.385. The van der Waals surface area contributed by atoms with Crippen LogP contribution in [0.5, 0.6) is 5.75 Å². The number of nitrogens with zero attached hydrogens (tertiary/aromatic N) is 3. The molecule has 1 aromatic carbocycles. The zero-order valence-corrected chi connectivity index (χ0v) is 12.2. The summed E-state index contributed by atoms with van der Waals surface area (Å²) in [6.45, 7) is 4.00. The summed E-state index contributed by atoms with van der Waals surface area (Å²) in [5.74, 6) is -0.318. The van der Waals surface area contributed by atoms with Crippen molar-refractivity contribution < 1.29 is 13.9 Å². The minimum Gasteiger partial charge on any atom is -0.492 e. The number of hydrogen-bond acceptors (Lipinski definition) is 3. The summed E-state index contributed by atoms with van der Waals surface area (Å²) < 4.78 is 19.3. The van der Waals surface area contributed by atoms with Crippen LogP contribution in [0.1, 0.15) is 13.8 Å². The second-order valence-electron chi connectivity index (χ2n) is 4.38. The molecule has 7 heteroatoms. The molecule has 0 N–H and O–H groups in total. The molecule has 108 valence electrons. The highest BCUT2D eigenvalue weighted by atomic mass is 35.5. The number of carbonyl (C=O) groups excluding carboxylic acids is 1. The Bertz CT molecular complexity index is 565. The Morgan fingerprint density at radius 1 is 1.50 bits per heavy atom. The van der Waals surface area contributed by atoms with Crippen LogP contribution in [0, 0.1) is 5.82 Å². The molecule has 0 saturated carbocycles. The number of ether oxygens (including phenoxy) is 1. The number of rotatable bonds is 3. The van der Waals surface area contributed by atoms with Gasteiger partial charge in [-0.15, -0.1) is 0 Å². The first-order valence-corrected chi connectivity index (χ1v) is 6.56. The maximum Gasteiger partial charge on any atom is 0.345 e. The molecule has 20 heavy (non-hydrogen) atoms. The second kappa shape index (κ2) is 5.66. The van der Waals surface area contributed by atoms with Gasteiger partial charge in [-0.05, 0) is 19.9 Å². The van der Waals surface area contributed by atoms with E-state index in [0.29, 0.717) is 12.4 Å². The topological polar surface area (TPSA) is 45.1 Å². The summed E-state index contributed by atoms with van der Waals surface area (Å²) in [5, 5.41) is 5.13. The van der Waals surface area contributed by atoms with Gasteiger partial charge in [0, 0.05) is 19.3 Å². The fourth-order valence-corrected chi connectivity index (χ4v) is 1.95. The molecule has 1 heterocycles. The Labute approximate surface area is 121 Å². The van der Waals surface area contributed by atoms with Crippen LogP contribution >= 0.6 is 11.6 Å². The zero-order valence-electron chi connectivity index (χ0n) is 11.4. The van der Waals surface area contributed by atoms with Crippen molar-refractivity contribution in [2.75, 3.05) is 18.7 Å². The number of anilines is 1. The summed E-state index contributed by atoms with van der Waals surface area (Å²) in [5.41, 5.74) is 0.0119. The molecule has 0 aromatic heterocycles. The number of urea groups is 1. The van der Waals surface area contributed by atoms with E-state index in [0.717, 1.165) is 11.1 Å². The largest absolute Gasteiger partial charge is 0.492 e. The van der Waals surface area contributed by atoms with Crippen LogP contribution in [0.3, 0.4) is 0 Å². The van der Waals surface area contributed by atoms with Crippen molar-refractivity contribution in [2.24, 2.45) is 5.10 Å². The van der Waals surface area contributed by atoms with Crippen LogP contribution in [-0.2, 0) is 0 Å². The lowest BCUT2D eigenvalue weighted by Crippen LogP contribution is -2.48. The molecule has 0 radical (unpaired) electrons. The molecule has 0 unspecified atom stereocenters. The van der Waals surface area contributed by atoms with Gasteiger partial charge in [-0.2, -0.15) is 10.1 Å². The molecule has 0 bridgehead atoms. The van der Waals surface area contributed by atoms with Crippen molar-refractivity contribution in [2.45, 2.75) is 19.9 Å². The minimum atomic E-state index is -0.632. The summed E-state index contributed by atoms with van der Waals surface area (Å²) in [4.78, 5) is 13.6. The number of carbonyl (C=O) groups is 1. The lowest BCUT2D eigenvalue weighted by atomic mass is 10.2. The van der Waals surface area contributed by atoms with Crippen LogP contribution in [0.25, 0.3) is 0 Å². The molecular weight excluding hydrogens is 285 g/mol. The predicted molar refractivity (Wildman–Crippen MR) is 76.2 cm³/mol. The maximum absolute atomic E-state index is 14.0. The number of halogens is 2. The molecule has 1 aromatic rings. The Morgan fingerprint density at radius 2 is 2.20 bits per heavy atom. The van der Waals surface area contributed by atoms with E-state index in [-0.39, 0.29) is 16.8 Å². The first-order valence-electron chi connectivity index (χ1n) is 6.18. The van der Waals surface area contributed by atoms with Crippen LogP contribution in [-0.4, -0.2) is 36.8 Å². The Hall–Kier alpha value is -1.82. The number of hydrazone groups is 1. The molecule has 0 fully saturated rings. The number of benzene rings is 1. The van der Waals surface area contributed by atoms with Crippen LogP contribution in [0.4, 0.5) is 14.9 Å². The number of amides is 2. The van der Waals surface area contributed by atoms with E-state index in [2.05, 4.69) is 5.10 Å². The third-order valence-electron chi connectivity index (χ3n) is 3.02. The van der Waals surface area contributed by atoms with E-state index in [1.807, 2.05) is 6.92 Å². The predicted octanol–water partition coefficient (Wildman–Crippen LogP) is 3.12.